The third kappa shape index (κ3) is 3.68. The van der Waals surface area contributed by atoms with Crippen molar-refractivity contribution in [2.45, 2.75) is 58.5 Å². The van der Waals surface area contributed by atoms with Crippen molar-refractivity contribution in [1.82, 2.24) is 0 Å². The normalized spacial score (nSPS) is 26.2. The number of nitrogens with zero attached hydrogens (tertiary/aromatic N) is 1. The zero-order valence-electron chi connectivity index (χ0n) is 13.9. The molecule has 4 nitrogen and oxygen atoms in total. The van der Waals surface area contributed by atoms with E-state index in [0.717, 1.165) is 5.56 Å². The van der Waals surface area contributed by atoms with Crippen LogP contribution in [0.3, 0.4) is 0 Å². The van der Waals surface area contributed by atoms with Crippen LogP contribution in [0.25, 0.3) is 0 Å². The van der Waals surface area contributed by atoms with Crippen molar-refractivity contribution in [3.63, 3.8) is 0 Å². The molecular weight excluding hydrogens is 278 g/mol. The number of ether oxygens (including phenoxy) is 1. The summed E-state index contributed by atoms with van der Waals surface area (Å²) in [5, 5.41) is 21.5. The average molecular weight is 305 g/mol. The maximum absolute atomic E-state index is 11.0. The van der Waals surface area contributed by atoms with Gasteiger partial charge in [0, 0.05) is 5.56 Å². The molecule has 2 N–H and O–H groups in total. The van der Waals surface area contributed by atoms with Crippen molar-refractivity contribution in [1.29, 1.82) is 0 Å². The Morgan fingerprint density at radius 2 is 1.77 bits per heavy atom. The first-order valence-electron chi connectivity index (χ1n) is 8.05. The molecule has 2 rings (SSSR count). The molecule has 1 heterocycles. The highest BCUT2D eigenvalue weighted by atomic mass is 16.5. The molecule has 0 saturated carbocycles. The van der Waals surface area contributed by atoms with Crippen LogP contribution in [0, 0.1) is 11.8 Å². The minimum absolute atomic E-state index is 0.273. The van der Waals surface area contributed by atoms with Gasteiger partial charge in [-0.05, 0) is 36.8 Å². The van der Waals surface area contributed by atoms with Gasteiger partial charge in [-0.3, -0.25) is 0 Å². The first kappa shape index (κ1) is 17.0. The van der Waals surface area contributed by atoms with E-state index in [4.69, 9.17) is 4.74 Å². The highest BCUT2D eigenvalue weighted by molar-refractivity contribution is 5.95. The minimum atomic E-state index is -1.57. The third-order valence-corrected chi connectivity index (χ3v) is 3.90. The second kappa shape index (κ2) is 6.80. The summed E-state index contributed by atoms with van der Waals surface area (Å²) in [7, 11) is 0. The molecule has 0 fully saturated rings. The van der Waals surface area contributed by atoms with Gasteiger partial charge in [0.05, 0.1) is 0 Å². The van der Waals surface area contributed by atoms with Crippen molar-refractivity contribution >= 4 is 5.90 Å². The molecule has 0 spiro atoms. The van der Waals surface area contributed by atoms with Crippen LogP contribution >= 0.6 is 0 Å². The summed E-state index contributed by atoms with van der Waals surface area (Å²) in [4.78, 5) is 4.38. The van der Waals surface area contributed by atoms with Gasteiger partial charge in [-0.25, -0.2) is 4.99 Å². The summed E-state index contributed by atoms with van der Waals surface area (Å²) >= 11 is 0. The Morgan fingerprint density at radius 3 is 2.32 bits per heavy atom. The van der Waals surface area contributed by atoms with Crippen LogP contribution < -0.4 is 0 Å². The number of aliphatic hydroxyl groups is 2. The summed E-state index contributed by atoms with van der Waals surface area (Å²) < 4.78 is 5.92. The number of benzene rings is 1. The highest BCUT2D eigenvalue weighted by Crippen LogP contribution is 2.35. The Balaban J connectivity index is 2.30. The molecule has 0 bridgehead atoms. The van der Waals surface area contributed by atoms with E-state index in [2.05, 4.69) is 18.8 Å². The fourth-order valence-corrected chi connectivity index (χ4v) is 2.75. The molecule has 1 aliphatic heterocycles. The average Bonchev–Trinajstić information content (AvgIpc) is 2.77. The van der Waals surface area contributed by atoms with E-state index >= 15 is 0 Å². The monoisotopic (exact) mass is 305 g/mol. The molecule has 1 aliphatic rings. The summed E-state index contributed by atoms with van der Waals surface area (Å²) in [6.07, 6.45) is -0.320. The summed E-state index contributed by atoms with van der Waals surface area (Å²) in [6, 6.07) is 9.52. The van der Waals surface area contributed by atoms with Crippen LogP contribution in [0.1, 0.15) is 46.1 Å². The highest BCUT2D eigenvalue weighted by Gasteiger charge is 2.50. The van der Waals surface area contributed by atoms with E-state index < -0.39 is 17.9 Å². The Bertz CT molecular complexity index is 512. The van der Waals surface area contributed by atoms with Crippen molar-refractivity contribution in [3.05, 3.63) is 35.9 Å². The van der Waals surface area contributed by atoms with Crippen molar-refractivity contribution in [3.8, 4) is 0 Å². The molecule has 1 aromatic rings. The van der Waals surface area contributed by atoms with Gasteiger partial charge in [-0.2, -0.15) is 0 Å². The first-order chi connectivity index (χ1) is 10.3. The van der Waals surface area contributed by atoms with Gasteiger partial charge in [0.2, 0.25) is 11.6 Å². The zero-order valence-corrected chi connectivity index (χ0v) is 13.9. The fraction of sp³-hybridized carbons (Fsp3) is 0.611. The molecule has 0 aliphatic carbocycles. The van der Waals surface area contributed by atoms with Crippen LogP contribution in [0.15, 0.2) is 35.3 Å². The smallest absolute Gasteiger partial charge is 0.223 e. The predicted molar refractivity (Wildman–Crippen MR) is 87.7 cm³/mol. The van der Waals surface area contributed by atoms with Crippen LogP contribution in [0.4, 0.5) is 0 Å². The van der Waals surface area contributed by atoms with Gasteiger partial charge in [-0.15, -0.1) is 0 Å². The molecule has 4 heteroatoms. The number of aliphatic imine (C=N–C) groups is 1. The molecule has 0 unspecified atom stereocenters. The van der Waals surface area contributed by atoms with Crippen LogP contribution in [-0.2, 0) is 4.74 Å². The standard InChI is InChI=1S/C18H27NO3/c1-12(2)10-15(20)18(21)16(11-13(3)4)22-17(19-18)14-8-6-5-7-9-14/h5-9,12-13,15-16,20-21H,10-11H2,1-4H3/t15-,16+,18-/m0/s1. The van der Waals surface area contributed by atoms with Gasteiger partial charge in [-0.1, -0.05) is 45.9 Å². The Kier molecular flexibility index (Phi) is 5.24. The molecule has 0 saturated heterocycles. The number of aliphatic hydroxyl groups excluding tert-OH is 1. The van der Waals surface area contributed by atoms with E-state index in [1.807, 2.05) is 44.2 Å². The minimum Gasteiger partial charge on any atom is -0.469 e. The number of hydrogen-bond donors (Lipinski definition) is 2. The van der Waals surface area contributed by atoms with Gasteiger partial charge in [0.15, 0.2) is 6.10 Å². The van der Waals surface area contributed by atoms with Crippen LogP contribution in [-0.4, -0.2) is 34.0 Å². The second-order valence-corrected chi connectivity index (χ2v) is 6.95. The van der Waals surface area contributed by atoms with Gasteiger partial charge >= 0.3 is 0 Å². The fourth-order valence-electron chi connectivity index (χ4n) is 2.75. The maximum Gasteiger partial charge on any atom is 0.223 e. The van der Waals surface area contributed by atoms with Crippen LogP contribution in [0.2, 0.25) is 0 Å². The summed E-state index contributed by atoms with van der Waals surface area (Å²) in [6.45, 7) is 8.17. The van der Waals surface area contributed by atoms with Crippen molar-refractivity contribution in [2.75, 3.05) is 0 Å². The zero-order chi connectivity index (χ0) is 16.3. The molecular formula is C18H27NO3. The van der Waals surface area contributed by atoms with Crippen LogP contribution in [0.5, 0.6) is 0 Å². The molecule has 1 aromatic carbocycles. The SMILES string of the molecule is CC(C)C[C@H](O)[C@@]1(O)N=C(c2ccccc2)O[C@@H]1CC(C)C. The third-order valence-electron chi connectivity index (χ3n) is 3.90. The van der Waals surface area contributed by atoms with E-state index in [1.165, 1.54) is 0 Å². The van der Waals surface area contributed by atoms with Gasteiger partial charge in [0.25, 0.3) is 0 Å². The lowest BCUT2D eigenvalue weighted by molar-refractivity contribution is -0.127. The van der Waals surface area contributed by atoms with E-state index in [-0.39, 0.29) is 5.92 Å². The molecule has 22 heavy (non-hydrogen) atoms. The summed E-state index contributed by atoms with van der Waals surface area (Å²) in [5.74, 6) is 1.03. The Hall–Kier alpha value is -1.39. The number of hydrogen-bond acceptors (Lipinski definition) is 4. The maximum atomic E-state index is 11.0. The van der Waals surface area contributed by atoms with Gasteiger partial charge in [0.1, 0.15) is 6.10 Å². The summed E-state index contributed by atoms with van der Waals surface area (Å²) in [5.41, 5.74) is -0.747. The Labute approximate surface area is 132 Å². The molecule has 3 atom stereocenters. The lowest BCUT2D eigenvalue weighted by Crippen LogP contribution is -2.49. The second-order valence-electron chi connectivity index (χ2n) is 6.95. The Morgan fingerprint density at radius 1 is 1.14 bits per heavy atom. The number of rotatable bonds is 6. The lowest BCUT2D eigenvalue weighted by atomic mass is 9.89. The van der Waals surface area contributed by atoms with E-state index in [1.54, 1.807) is 0 Å². The first-order valence-corrected chi connectivity index (χ1v) is 8.05. The van der Waals surface area contributed by atoms with E-state index in [0.29, 0.717) is 24.7 Å². The predicted octanol–water partition coefficient (Wildman–Crippen LogP) is 2.97. The van der Waals surface area contributed by atoms with Crippen molar-refractivity contribution < 1.29 is 14.9 Å². The van der Waals surface area contributed by atoms with Crippen molar-refractivity contribution in [2.24, 2.45) is 16.8 Å². The lowest BCUT2D eigenvalue weighted by Gasteiger charge is -2.32. The molecule has 0 radical (unpaired) electrons. The quantitative estimate of drug-likeness (QED) is 0.849. The topological polar surface area (TPSA) is 62.0 Å². The largest absolute Gasteiger partial charge is 0.469 e. The molecule has 0 amide bonds. The van der Waals surface area contributed by atoms with Gasteiger partial charge < -0.3 is 14.9 Å². The molecule has 0 aromatic heterocycles. The van der Waals surface area contributed by atoms with E-state index in [9.17, 15) is 10.2 Å². The molecule has 122 valence electrons.